The van der Waals surface area contributed by atoms with Gasteiger partial charge in [-0.1, -0.05) is 30.3 Å². The van der Waals surface area contributed by atoms with E-state index in [0.29, 0.717) is 11.5 Å². The zero-order valence-corrected chi connectivity index (χ0v) is 10.4. The molecule has 2 heterocycles. The normalized spacial score (nSPS) is 10.6. The lowest BCUT2D eigenvalue weighted by Crippen LogP contribution is -2.10. The summed E-state index contributed by atoms with van der Waals surface area (Å²) in [7, 11) is 1.81. The number of benzene rings is 1. The maximum atomic E-state index is 11.8. The minimum Gasteiger partial charge on any atom is -0.305 e. The minimum atomic E-state index is -0.176. The minimum absolute atomic E-state index is 0.176. The number of rotatable bonds is 2. The lowest BCUT2D eigenvalue weighted by Gasteiger charge is -2.04. The molecule has 0 atom stereocenters. The highest BCUT2D eigenvalue weighted by Crippen LogP contribution is 2.18. The molecule has 0 radical (unpaired) electrons. The van der Waals surface area contributed by atoms with Gasteiger partial charge in [0.1, 0.15) is 5.69 Å². The number of H-pyrrole nitrogens is 1. The van der Waals surface area contributed by atoms with Crippen molar-refractivity contribution < 1.29 is 0 Å². The second-order valence-electron chi connectivity index (χ2n) is 4.19. The highest BCUT2D eigenvalue weighted by Gasteiger charge is 2.08. The van der Waals surface area contributed by atoms with Crippen molar-refractivity contribution in [2.75, 3.05) is 0 Å². The van der Waals surface area contributed by atoms with Crippen LogP contribution in [0.5, 0.6) is 0 Å². The first kappa shape index (κ1) is 11.4. The predicted molar refractivity (Wildman–Crippen MR) is 72.5 cm³/mol. The quantitative estimate of drug-likeness (QED) is 0.757. The SMILES string of the molecule is Cn1nccc1-c1nc(-c2ccccc2)cc(=O)[nH]1. The second kappa shape index (κ2) is 4.53. The molecular weight excluding hydrogens is 240 g/mol. The van der Waals surface area contributed by atoms with Gasteiger partial charge in [-0.3, -0.25) is 9.48 Å². The van der Waals surface area contributed by atoms with Crippen LogP contribution in [-0.4, -0.2) is 19.7 Å². The molecule has 0 spiro atoms. The maximum absolute atomic E-state index is 11.8. The third-order valence-corrected chi connectivity index (χ3v) is 2.87. The van der Waals surface area contributed by atoms with Crippen molar-refractivity contribution in [3.05, 3.63) is 59.0 Å². The van der Waals surface area contributed by atoms with E-state index in [0.717, 1.165) is 11.3 Å². The van der Waals surface area contributed by atoms with Gasteiger partial charge < -0.3 is 4.98 Å². The van der Waals surface area contributed by atoms with Crippen molar-refractivity contribution in [1.29, 1.82) is 0 Å². The molecule has 0 fully saturated rings. The summed E-state index contributed by atoms with van der Waals surface area (Å²) < 4.78 is 1.67. The lowest BCUT2D eigenvalue weighted by atomic mass is 10.1. The Morgan fingerprint density at radius 2 is 1.95 bits per heavy atom. The Morgan fingerprint density at radius 3 is 2.63 bits per heavy atom. The smallest absolute Gasteiger partial charge is 0.251 e. The number of nitrogens with one attached hydrogen (secondary N) is 1. The van der Waals surface area contributed by atoms with E-state index in [-0.39, 0.29) is 5.56 Å². The predicted octanol–water partition coefficient (Wildman–Crippen LogP) is 1.84. The average Bonchev–Trinajstić information content (AvgIpc) is 2.85. The molecule has 2 aromatic heterocycles. The molecule has 5 nitrogen and oxygen atoms in total. The molecule has 3 aromatic rings. The molecule has 0 aliphatic rings. The molecule has 0 unspecified atom stereocenters. The highest BCUT2D eigenvalue weighted by atomic mass is 16.1. The molecule has 1 N–H and O–H groups in total. The zero-order valence-electron chi connectivity index (χ0n) is 10.4. The number of aromatic amines is 1. The van der Waals surface area contributed by atoms with Crippen LogP contribution in [-0.2, 0) is 7.05 Å². The first-order valence-electron chi connectivity index (χ1n) is 5.89. The Kier molecular flexibility index (Phi) is 2.72. The van der Waals surface area contributed by atoms with Gasteiger partial charge in [-0.15, -0.1) is 0 Å². The molecule has 0 saturated carbocycles. The third kappa shape index (κ3) is 2.18. The maximum Gasteiger partial charge on any atom is 0.251 e. The highest BCUT2D eigenvalue weighted by molar-refractivity contribution is 5.61. The van der Waals surface area contributed by atoms with Crippen molar-refractivity contribution in [3.8, 4) is 22.8 Å². The summed E-state index contributed by atoms with van der Waals surface area (Å²) in [5, 5.41) is 4.08. The van der Waals surface area contributed by atoms with Gasteiger partial charge in [0.15, 0.2) is 5.82 Å². The van der Waals surface area contributed by atoms with Crippen molar-refractivity contribution in [2.24, 2.45) is 7.05 Å². The molecule has 0 bridgehead atoms. The number of aryl methyl sites for hydroxylation is 1. The molecule has 19 heavy (non-hydrogen) atoms. The summed E-state index contributed by atoms with van der Waals surface area (Å²) in [5.74, 6) is 0.520. The summed E-state index contributed by atoms with van der Waals surface area (Å²) in [4.78, 5) is 19.0. The first-order chi connectivity index (χ1) is 9.24. The molecule has 0 amide bonds. The van der Waals surface area contributed by atoms with Gasteiger partial charge in [0.2, 0.25) is 0 Å². The van der Waals surface area contributed by atoms with Gasteiger partial charge in [-0.2, -0.15) is 5.10 Å². The van der Waals surface area contributed by atoms with Crippen LogP contribution in [0.2, 0.25) is 0 Å². The first-order valence-corrected chi connectivity index (χ1v) is 5.89. The molecule has 5 heteroatoms. The second-order valence-corrected chi connectivity index (χ2v) is 4.19. The summed E-state index contributed by atoms with van der Waals surface area (Å²) in [6.45, 7) is 0. The van der Waals surface area contributed by atoms with Gasteiger partial charge >= 0.3 is 0 Å². The van der Waals surface area contributed by atoms with Crippen molar-refractivity contribution >= 4 is 0 Å². The summed E-state index contributed by atoms with van der Waals surface area (Å²) in [6.07, 6.45) is 1.67. The summed E-state index contributed by atoms with van der Waals surface area (Å²) in [6, 6.07) is 12.9. The van der Waals surface area contributed by atoms with E-state index < -0.39 is 0 Å². The van der Waals surface area contributed by atoms with Crippen LogP contribution >= 0.6 is 0 Å². The summed E-state index contributed by atoms with van der Waals surface area (Å²) in [5.41, 5.74) is 2.16. The number of nitrogens with zero attached hydrogens (tertiary/aromatic N) is 3. The van der Waals surface area contributed by atoms with E-state index in [4.69, 9.17) is 0 Å². The van der Waals surface area contributed by atoms with E-state index in [9.17, 15) is 4.79 Å². The Morgan fingerprint density at radius 1 is 1.16 bits per heavy atom. The largest absolute Gasteiger partial charge is 0.305 e. The van der Waals surface area contributed by atoms with Crippen molar-refractivity contribution in [3.63, 3.8) is 0 Å². The van der Waals surface area contributed by atoms with E-state index in [1.54, 1.807) is 10.9 Å². The molecule has 94 valence electrons. The van der Waals surface area contributed by atoms with Gasteiger partial charge in [-0.25, -0.2) is 4.98 Å². The Balaban J connectivity index is 2.17. The van der Waals surface area contributed by atoms with E-state index in [2.05, 4.69) is 15.1 Å². The fraction of sp³-hybridized carbons (Fsp3) is 0.0714. The van der Waals surface area contributed by atoms with Crippen molar-refractivity contribution in [1.82, 2.24) is 19.7 Å². The standard InChI is InChI=1S/C14H12N4O/c1-18-12(7-8-15-18)14-16-11(9-13(19)17-14)10-5-3-2-4-6-10/h2-9H,1H3,(H,16,17,19). The molecular formula is C14H12N4O. The zero-order chi connectivity index (χ0) is 13.2. The van der Waals surface area contributed by atoms with Gasteiger partial charge in [0, 0.05) is 24.9 Å². The summed E-state index contributed by atoms with van der Waals surface area (Å²) >= 11 is 0. The van der Waals surface area contributed by atoms with Crippen LogP contribution in [0.1, 0.15) is 0 Å². The molecule has 0 aliphatic carbocycles. The van der Waals surface area contributed by atoms with Crippen LogP contribution in [0.25, 0.3) is 22.8 Å². The third-order valence-electron chi connectivity index (χ3n) is 2.87. The monoisotopic (exact) mass is 252 g/mol. The van der Waals surface area contributed by atoms with Crippen LogP contribution in [0.15, 0.2) is 53.5 Å². The lowest BCUT2D eigenvalue weighted by molar-refractivity contribution is 0.769. The fourth-order valence-corrected chi connectivity index (χ4v) is 1.94. The van der Waals surface area contributed by atoms with Gasteiger partial charge in [0.05, 0.1) is 5.69 Å². The molecule has 0 saturated heterocycles. The topological polar surface area (TPSA) is 63.6 Å². The molecule has 1 aromatic carbocycles. The Hall–Kier alpha value is -2.69. The van der Waals surface area contributed by atoms with Crippen LogP contribution < -0.4 is 5.56 Å². The van der Waals surface area contributed by atoms with Crippen LogP contribution in [0.4, 0.5) is 0 Å². The fourth-order valence-electron chi connectivity index (χ4n) is 1.94. The molecule has 0 aliphatic heterocycles. The Bertz CT molecular complexity index is 758. The van der Waals surface area contributed by atoms with Gasteiger partial charge in [0.25, 0.3) is 5.56 Å². The number of aromatic nitrogens is 4. The van der Waals surface area contributed by atoms with Gasteiger partial charge in [-0.05, 0) is 6.07 Å². The number of hydrogen-bond donors (Lipinski definition) is 1. The van der Waals surface area contributed by atoms with Crippen LogP contribution in [0, 0.1) is 0 Å². The average molecular weight is 252 g/mol. The Labute approximate surface area is 109 Å². The van der Waals surface area contributed by atoms with Crippen LogP contribution in [0.3, 0.4) is 0 Å². The van der Waals surface area contributed by atoms with E-state index in [1.165, 1.54) is 6.07 Å². The molecule has 3 rings (SSSR count). The van der Waals surface area contributed by atoms with E-state index in [1.807, 2.05) is 43.4 Å². The number of hydrogen-bond acceptors (Lipinski definition) is 3. The van der Waals surface area contributed by atoms with Crippen molar-refractivity contribution in [2.45, 2.75) is 0 Å². The van der Waals surface area contributed by atoms with E-state index >= 15 is 0 Å².